The predicted octanol–water partition coefficient (Wildman–Crippen LogP) is 5.37. The topological polar surface area (TPSA) is 70.9 Å². The Morgan fingerprint density at radius 2 is 1.63 bits per heavy atom. The third kappa shape index (κ3) is 5.21. The monoisotopic (exact) mass is 408 g/mol. The van der Waals surface area contributed by atoms with E-state index in [1.807, 2.05) is 67.6 Å². The summed E-state index contributed by atoms with van der Waals surface area (Å²) in [5.41, 5.74) is 1.01. The first kappa shape index (κ1) is 21.9. The first-order valence-corrected chi connectivity index (χ1v) is 10.9. The van der Waals surface area contributed by atoms with E-state index in [1.165, 1.54) is 6.42 Å². The Bertz CT molecular complexity index is 817. The van der Waals surface area contributed by atoms with Crippen molar-refractivity contribution in [2.45, 2.75) is 58.6 Å². The predicted molar refractivity (Wildman–Crippen MR) is 119 cm³/mol. The van der Waals surface area contributed by atoms with E-state index in [4.69, 9.17) is 4.84 Å². The highest BCUT2D eigenvalue weighted by molar-refractivity contribution is 6.05. The second-order valence-corrected chi connectivity index (χ2v) is 8.00. The average molecular weight is 409 g/mol. The summed E-state index contributed by atoms with van der Waals surface area (Å²) in [6.07, 6.45) is 5.59. The fourth-order valence-electron chi connectivity index (χ4n) is 4.47. The Morgan fingerprint density at radius 3 is 2.20 bits per heavy atom. The molecule has 2 N–H and O–H groups in total. The molecule has 5 nitrogen and oxygen atoms in total. The lowest BCUT2D eigenvalue weighted by Gasteiger charge is -2.39. The van der Waals surface area contributed by atoms with Crippen molar-refractivity contribution in [2.24, 2.45) is 16.5 Å². The zero-order valence-corrected chi connectivity index (χ0v) is 17.7. The highest BCUT2D eigenvalue weighted by atomic mass is 16.6. The lowest BCUT2D eigenvalue weighted by atomic mass is 9.66. The van der Waals surface area contributed by atoms with Gasteiger partial charge in [-0.3, -0.25) is 4.79 Å². The van der Waals surface area contributed by atoms with E-state index in [9.17, 15) is 9.90 Å². The van der Waals surface area contributed by atoms with Crippen LogP contribution in [0.3, 0.4) is 0 Å². The normalized spacial score (nSPS) is 17.2. The van der Waals surface area contributed by atoms with Crippen LogP contribution in [0.25, 0.3) is 0 Å². The van der Waals surface area contributed by atoms with Gasteiger partial charge in [-0.05, 0) is 36.3 Å². The number of carboxylic acid groups (broad SMARTS) is 1. The van der Waals surface area contributed by atoms with E-state index >= 15 is 0 Å². The molecule has 2 aromatic rings. The van der Waals surface area contributed by atoms with Gasteiger partial charge in [0.05, 0.1) is 0 Å². The number of hydrogen-bond acceptors (Lipinski definition) is 3. The number of carboxylic acids is 1. The summed E-state index contributed by atoms with van der Waals surface area (Å²) >= 11 is 0. The van der Waals surface area contributed by atoms with Crippen LogP contribution in [0.15, 0.2) is 65.8 Å². The van der Waals surface area contributed by atoms with Crippen LogP contribution < -0.4 is 5.32 Å². The van der Waals surface area contributed by atoms with Crippen molar-refractivity contribution >= 4 is 11.8 Å². The minimum Gasteiger partial charge on any atom is -0.480 e. The van der Waals surface area contributed by atoms with Crippen LogP contribution in [0.2, 0.25) is 0 Å². The van der Waals surface area contributed by atoms with Gasteiger partial charge in [0.2, 0.25) is 0 Å². The molecule has 0 spiro atoms. The molecule has 1 aliphatic rings. The van der Waals surface area contributed by atoms with E-state index in [0.29, 0.717) is 25.4 Å². The summed E-state index contributed by atoms with van der Waals surface area (Å²) in [6, 6.07) is 19.8. The molecule has 30 heavy (non-hydrogen) atoms. The first-order valence-electron chi connectivity index (χ1n) is 10.9. The van der Waals surface area contributed by atoms with Crippen LogP contribution in [-0.2, 0) is 22.8 Å². The maximum Gasteiger partial charge on any atom is 0.317 e. The summed E-state index contributed by atoms with van der Waals surface area (Å²) in [5, 5.41) is 18.1. The number of amidine groups is 1. The minimum absolute atomic E-state index is 0.0519. The smallest absolute Gasteiger partial charge is 0.317 e. The molecule has 5 heteroatoms. The number of rotatable bonds is 9. The fraction of sp³-hybridized carbons (Fsp3) is 0.440. The van der Waals surface area contributed by atoms with Gasteiger partial charge >= 0.3 is 5.97 Å². The second kappa shape index (κ2) is 10.8. The minimum atomic E-state index is -1.06. The molecular formula is C25H32N2O3. The zero-order valence-electron chi connectivity index (χ0n) is 17.7. The van der Waals surface area contributed by atoms with Crippen molar-refractivity contribution in [1.82, 2.24) is 5.32 Å². The molecule has 0 heterocycles. The number of oxime groups is 1. The molecule has 1 aliphatic carbocycles. The molecule has 0 saturated heterocycles. The SMILES string of the molecule is CCC(C(=O)O)(/C(=N/OCc1ccccc1)NCc1ccccc1)C1CCCCC1. The standard InChI is InChI=1S/C25H32N2O3/c1-2-25(24(28)29,22-16-10-5-11-17-22)23(26-18-20-12-6-3-7-13-20)27-30-19-21-14-8-4-9-15-21/h3-4,6-9,12-15,22H,2,5,10-11,16-19H2,1H3,(H,26,27)(H,28,29). The molecule has 2 aromatic carbocycles. The van der Waals surface area contributed by atoms with E-state index in [1.54, 1.807) is 0 Å². The lowest BCUT2D eigenvalue weighted by molar-refractivity contribution is -0.148. The molecule has 1 atom stereocenters. The molecule has 0 amide bonds. The maximum absolute atomic E-state index is 12.7. The molecular weight excluding hydrogens is 376 g/mol. The van der Waals surface area contributed by atoms with Gasteiger partial charge in [-0.2, -0.15) is 0 Å². The Balaban J connectivity index is 1.87. The van der Waals surface area contributed by atoms with Gasteiger partial charge in [-0.25, -0.2) is 0 Å². The van der Waals surface area contributed by atoms with E-state index < -0.39 is 11.4 Å². The van der Waals surface area contributed by atoms with Crippen LogP contribution in [0.4, 0.5) is 0 Å². The van der Waals surface area contributed by atoms with E-state index in [0.717, 1.165) is 36.8 Å². The molecule has 0 bridgehead atoms. The summed E-state index contributed by atoms with van der Waals surface area (Å²) in [5.74, 6) is -0.334. The summed E-state index contributed by atoms with van der Waals surface area (Å²) in [4.78, 5) is 18.3. The molecule has 160 valence electrons. The maximum atomic E-state index is 12.7. The van der Waals surface area contributed by atoms with Crippen LogP contribution >= 0.6 is 0 Å². The van der Waals surface area contributed by atoms with Crippen LogP contribution in [0, 0.1) is 11.3 Å². The summed E-state index contributed by atoms with van der Waals surface area (Å²) < 4.78 is 0. The number of aliphatic carboxylic acids is 1. The third-order valence-electron chi connectivity index (χ3n) is 6.20. The van der Waals surface area contributed by atoms with Crippen molar-refractivity contribution in [2.75, 3.05) is 0 Å². The van der Waals surface area contributed by atoms with Gasteiger partial charge in [-0.1, -0.05) is 92.0 Å². The Labute approximate surface area is 179 Å². The highest BCUT2D eigenvalue weighted by Gasteiger charge is 2.49. The second-order valence-electron chi connectivity index (χ2n) is 8.00. The molecule has 1 unspecified atom stereocenters. The number of benzene rings is 2. The van der Waals surface area contributed by atoms with Crippen molar-refractivity contribution in [3.63, 3.8) is 0 Å². The van der Waals surface area contributed by atoms with Gasteiger partial charge in [0.15, 0.2) is 5.84 Å². The molecule has 0 radical (unpaired) electrons. The van der Waals surface area contributed by atoms with Crippen LogP contribution in [0.5, 0.6) is 0 Å². The van der Waals surface area contributed by atoms with Gasteiger partial charge < -0.3 is 15.3 Å². The summed E-state index contributed by atoms with van der Waals surface area (Å²) in [6.45, 7) is 2.76. The summed E-state index contributed by atoms with van der Waals surface area (Å²) in [7, 11) is 0. The average Bonchev–Trinajstić information content (AvgIpc) is 2.79. The molecule has 1 saturated carbocycles. The van der Waals surface area contributed by atoms with Gasteiger partial charge in [0.1, 0.15) is 12.0 Å². The molecule has 0 aliphatic heterocycles. The first-order chi connectivity index (χ1) is 14.7. The van der Waals surface area contributed by atoms with Gasteiger partial charge in [0.25, 0.3) is 0 Å². The van der Waals surface area contributed by atoms with Crippen molar-refractivity contribution in [3.8, 4) is 0 Å². The van der Waals surface area contributed by atoms with E-state index in [-0.39, 0.29) is 5.92 Å². The molecule has 1 fully saturated rings. The largest absolute Gasteiger partial charge is 0.480 e. The van der Waals surface area contributed by atoms with Crippen LogP contribution in [-0.4, -0.2) is 16.9 Å². The lowest BCUT2D eigenvalue weighted by Crippen LogP contribution is -2.51. The van der Waals surface area contributed by atoms with Crippen molar-refractivity contribution in [3.05, 3.63) is 71.8 Å². The van der Waals surface area contributed by atoms with Gasteiger partial charge in [-0.15, -0.1) is 0 Å². The zero-order chi connectivity index (χ0) is 21.2. The van der Waals surface area contributed by atoms with Crippen molar-refractivity contribution in [1.29, 1.82) is 0 Å². The Hall–Kier alpha value is -2.82. The third-order valence-corrected chi connectivity index (χ3v) is 6.20. The molecule has 0 aromatic heterocycles. The number of nitrogens with zero attached hydrogens (tertiary/aromatic N) is 1. The van der Waals surface area contributed by atoms with Gasteiger partial charge in [0, 0.05) is 6.54 Å². The number of nitrogens with one attached hydrogen (secondary N) is 1. The van der Waals surface area contributed by atoms with Crippen molar-refractivity contribution < 1.29 is 14.7 Å². The number of carbonyl (C=O) groups is 1. The van der Waals surface area contributed by atoms with Crippen LogP contribution in [0.1, 0.15) is 56.6 Å². The highest BCUT2D eigenvalue weighted by Crippen LogP contribution is 2.42. The number of hydrogen-bond donors (Lipinski definition) is 2. The Morgan fingerprint density at radius 1 is 1.03 bits per heavy atom. The van der Waals surface area contributed by atoms with E-state index in [2.05, 4.69) is 10.5 Å². The quantitative estimate of drug-likeness (QED) is 0.332. The fourth-order valence-corrected chi connectivity index (χ4v) is 4.47. The molecule has 3 rings (SSSR count). The Kier molecular flexibility index (Phi) is 7.89.